The van der Waals surface area contributed by atoms with Crippen LogP contribution in [0, 0.1) is 0 Å². The summed E-state index contributed by atoms with van der Waals surface area (Å²) in [6.45, 7) is 9.05. The van der Waals surface area contributed by atoms with Crippen molar-refractivity contribution in [1.29, 1.82) is 0 Å². The van der Waals surface area contributed by atoms with Gasteiger partial charge in [0.25, 0.3) is 0 Å². The van der Waals surface area contributed by atoms with Crippen molar-refractivity contribution in [2.24, 2.45) is 0 Å². The van der Waals surface area contributed by atoms with Crippen LogP contribution in [0.25, 0.3) is 10.9 Å². The number of piperazine rings is 1. The number of hydrogen-bond acceptors (Lipinski definition) is 2. The van der Waals surface area contributed by atoms with Gasteiger partial charge in [0.05, 0.1) is 0 Å². The van der Waals surface area contributed by atoms with Gasteiger partial charge in [0.2, 0.25) is 0 Å². The van der Waals surface area contributed by atoms with Gasteiger partial charge in [0, 0.05) is 61.4 Å². The molecule has 0 atom stereocenters. The van der Waals surface area contributed by atoms with E-state index in [2.05, 4.69) is 40.0 Å². The number of unbranched alkanes of at least 4 members (excludes halogenated alkanes) is 1. The fourth-order valence-electron chi connectivity index (χ4n) is 3.27. The molecule has 0 amide bonds. The Morgan fingerprint density at radius 2 is 2.00 bits per heavy atom. The number of nitrogens with zero attached hydrogens (tertiary/aromatic N) is 2. The lowest BCUT2D eigenvalue weighted by Gasteiger charge is -2.26. The third-order valence-corrected chi connectivity index (χ3v) is 4.82. The lowest BCUT2D eigenvalue weighted by molar-refractivity contribution is 0.244. The second-order valence-corrected chi connectivity index (χ2v) is 6.64. The molecule has 1 aromatic heterocycles. The largest absolute Gasteiger partial charge is 0.347 e. The number of aromatic nitrogens is 1. The van der Waals surface area contributed by atoms with E-state index in [1.165, 1.54) is 42.4 Å². The lowest BCUT2D eigenvalue weighted by Crippen LogP contribution is -2.44. The number of nitrogens with one attached hydrogen (secondary N) is 1. The van der Waals surface area contributed by atoms with Crippen LogP contribution in [0.5, 0.6) is 0 Å². The molecule has 1 aromatic carbocycles. The summed E-state index contributed by atoms with van der Waals surface area (Å²) in [6, 6.07) is 6.32. The molecule has 0 spiro atoms. The van der Waals surface area contributed by atoms with Crippen molar-refractivity contribution in [3.8, 4) is 0 Å². The number of fused-ring (bicyclic) bond motifs is 1. The van der Waals surface area contributed by atoms with Gasteiger partial charge in [0.15, 0.2) is 0 Å². The zero-order chi connectivity index (χ0) is 15.4. The Labute approximate surface area is 138 Å². The fraction of sp³-hybridized carbons (Fsp3) is 0.556. The molecule has 1 fully saturated rings. The molecule has 120 valence electrons. The van der Waals surface area contributed by atoms with Crippen molar-refractivity contribution in [3.05, 3.63) is 35.0 Å². The highest BCUT2D eigenvalue weighted by molar-refractivity contribution is 6.31. The van der Waals surface area contributed by atoms with Gasteiger partial charge in [-0.2, -0.15) is 0 Å². The Morgan fingerprint density at radius 3 is 2.77 bits per heavy atom. The summed E-state index contributed by atoms with van der Waals surface area (Å²) >= 11 is 6.20. The van der Waals surface area contributed by atoms with Gasteiger partial charge in [-0.25, -0.2) is 0 Å². The van der Waals surface area contributed by atoms with Crippen molar-refractivity contribution in [2.45, 2.75) is 32.7 Å². The Hall–Kier alpha value is -1.03. The molecule has 1 aliphatic rings. The summed E-state index contributed by atoms with van der Waals surface area (Å²) in [5.74, 6) is 0. The summed E-state index contributed by atoms with van der Waals surface area (Å²) in [5.41, 5.74) is 2.75. The van der Waals surface area contributed by atoms with E-state index in [0.717, 1.165) is 37.6 Å². The Morgan fingerprint density at radius 1 is 1.18 bits per heavy atom. The molecule has 0 radical (unpaired) electrons. The summed E-state index contributed by atoms with van der Waals surface area (Å²) in [5, 5.41) is 5.62. The molecule has 3 rings (SSSR count). The molecular weight excluding hydrogens is 294 g/mol. The van der Waals surface area contributed by atoms with Gasteiger partial charge < -0.3 is 14.8 Å². The predicted molar refractivity (Wildman–Crippen MR) is 94.9 cm³/mol. The maximum absolute atomic E-state index is 6.20. The van der Waals surface area contributed by atoms with Gasteiger partial charge in [-0.15, -0.1) is 0 Å². The lowest BCUT2D eigenvalue weighted by atomic mass is 10.1. The van der Waals surface area contributed by atoms with E-state index >= 15 is 0 Å². The minimum Gasteiger partial charge on any atom is -0.347 e. The smallest absolute Gasteiger partial charge is 0.0498 e. The summed E-state index contributed by atoms with van der Waals surface area (Å²) in [7, 11) is 0. The van der Waals surface area contributed by atoms with Crippen LogP contribution in [0.2, 0.25) is 5.02 Å². The summed E-state index contributed by atoms with van der Waals surface area (Å²) < 4.78 is 2.39. The van der Waals surface area contributed by atoms with Crippen LogP contribution < -0.4 is 5.32 Å². The van der Waals surface area contributed by atoms with Gasteiger partial charge in [0.1, 0.15) is 0 Å². The SMILES string of the molecule is CCCCn1cc(CCN2CCNCC2)c2ccc(Cl)cc21. The molecule has 22 heavy (non-hydrogen) atoms. The zero-order valence-corrected chi connectivity index (χ0v) is 14.2. The molecule has 1 aliphatic heterocycles. The third-order valence-electron chi connectivity index (χ3n) is 4.59. The average Bonchev–Trinajstić information content (AvgIpc) is 2.89. The highest BCUT2D eigenvalue weighted by Crippen LogP contribution is 2.26. The topological polar surface area (TPSA) is 20.2 Å². The van der Waals surface area contributed by atoms with Gasteiger partial charge in [-0.3, -0.25) is 0 Å². The molecule has 0 aliphatic carbocycles. The summed E-state index contributed by atoms with van der Waals surface area (Å²) in [6.07, 6.45) is 5.90. The quantitative estimate of drug-likeness (QED) is 0.878. The van der Waals surface area contributed by atoms with Crippen LogP contribution in [0.15, 0.2) is 24.4 Å². The molecule has 0 bridgehead atoms. The van der Waals surface area contributed by atoms with E-state index in [-0.39, 0.29) is 0 Å². The normalized spacial score (nSPS) is 16.5. The van der Waals surface area contributed by atoms with Crippen LogP contribution in [0.3, 0.4) is 0 Å². The molecule has 2 heterocycles. The first kappa shape index (κ1) is 15.9. The van der Waals surface area contributed by atoms with E-state index < -0.39 is 0 Å². The molecule has 2 aromatic rings. The van der Waals surface area contributed by atoms with Crippen LogP contribution in [-0.2, 0) is 13.0 Å². The van der Waals surface area contributed by atoms with Gasteiger partial charge in [-0.05, 0) is 30.5 Å². The van der Waals surface area contributed by atoms with Crippen LogP contribution >= 0.6 is 11.6 Å². The second kappa shape index (κ2) is 7.49. The number of hydrogen-bond donors (Lipinski definition) is 1. The highest BCUT2D eigenvalue weighted by atomic mass is 35.5. The molecule has 0 unspecified atom stereocenters. The number of rotatable bonds is 6. The molecule has 0 saturated carbocycles. The second-order valence-electron chi connectivity index (χ2n) is 6.20. The molecule has 1 N–H and O–H groups in total. The summed E-state index contributed by atoms with van der Waals surface area (Å²) in [4.78, 5) is 2.56. The number of halogens is 1. The Balaban J connectivity index is 1.78. The first-order valence-electron chi connectivity index (χ1n) is 8.48. The minimum atomic E-state index is 0.831. The number of benzene rings is 1. The maximum Gasteiger partial charge on any atom is 0.0498 e. The van der Waals surface area contributed by atoms with E-state index in [9.17, 15) is 0 Å². The van der Waals surface area contributed by atoms with Crippen molar-refractivity contribution in [1.82, 2.24) is 14.8 Å². The van der Waals surface area contributed by atoms with Crippen molar-refractivity contribution < 1.29 is 0 Å². The monoisotopic (exact) mass is 319 g/mol. The fourth-order valence-corrected chi connectivity index (χ4v) is 3.43. The standard InChI is InChI=1S/C18H26ClN3/c1-2-3-9-22-14-15(6-10-21-11-7-20-8-12-21)17-5-4-16(19)13-18(17)22/h4-5,13-14,20H,2-3,6-12H2,1H3. The Bertz CT molecular complexity index is 614. The predicted octanol–water partition coefficient (Wildman–Crippen LogP) is 3.54. The van der Waals surface area contributed by atoms with Crippen molar-refractivity contribution in [2.75, 3.05) is 32.7 Å². The molecule has 3 nitrogen and oxygen atoms in total. The van der Waals surface area contributed by atoms with Crippen molar-refractivity contribution >= 4 is 22.5 Å². The molecular formula is C18H26ClN3. The van der Waals surface area contributed by atoms with Crippen LogP contribution in [-0.4, -0.2) is 42.2 Å². The maximum atomic E-state index is 6.20. The van der Waals surface area contributed by atoms with E-state index in [1.807, 2.05) is 6.07 Å². The van der Waals surface area contributed by atoms with Crippen LogP contribution in [0.1, 0.15) is 25.3 Å². The Kier molecular flexibility index (Phi) is 5.40. The first-order valence-corrected chi connectivity index (χ1v) is 8.86. The average molecular weight is 320 g/mol. The third kappa shape index (κ3) is 3.65. The van der Waals surface area contributed by atoms with Crippen LogP contribution in [0.4, 0.5) is 0 Å². The van der Waals surface area contributed by atoms with Gasteiger partial charge in [-0.1, -0.05) is 31.0 Å². The minimum absolute atomic E-state index is 0.831. The molecule has 4 heteroatoms. The first-order chi connectivity index (χ1) is 10.8. The van der Waals surface area contributed by atoms with E-state index in [0.29, 0.717) is 0 Å². The molecule has 1 saturated heterocycles. The van der Waals surface area contributed by atoms with E-state index in [1.54, 1.807) is 0 Å². The highest BCUT2D eigenvalue weighted by Gasteiger charge is 2.13. The van der Waals surface area contributed by atoms with E-state index in [4.69, 9.17) is 11.6 Å². The van der Waals surface area contributed by atoms with Crippen molar-refractivity contribution in [3.63, 3.8) is 0 Å². The number of aryl methyl sites for hydroxylation is 1. The van der Waals surface area contributed by atoms with Gasteiger partial charge >= 0.3 is 0 Å². The zero-order valence-electron chi connectivity index (χ0n) is 13.4.